The number of aliphatic carboxylic acids is 1. The third-order valence-corrected chi connectivity index (χ3v) is 13.2. The van der Waals surface area contributed by atoms with Gasteiger partial charge in [0, 0.05) is 43.3 Å². The largest absolute Gasteiger partial charge is 0.481 e. The second-order valence-electron chi connectivity index (χ2n) is 19.4. The number of carboxylic acid groups (broad SMARTS) is 1. The Kier molecular flexibility index (Phi) is 17.9. The van der Waals surface area contributed by atoms with Gasteiger partial charge in [-0.25, -0.2) is 31.4 Å². The summed E-state index contributed by atoms with van der Waals surface area (Å²) < 4.78 is 69.3. The lowest BCUT2D eigenvalue weighted by molar-refractivity contribution is -0.156. The van der Waals surface area contributed by atoms with Gasteiger partial charge in [-0.15, -0.1) is 4.99 Å². The third-order valence-electron chi connectivity index (χ3n) is 10.6. The van der Waals surface area contributed by atoms with Crippen LogP contribution in [0.4, 0.5) is 10.7 Å². The van der Waals surface area contributed by atoms with E-state index in [9.17, 15) is 40.8 Å². The highest BCUT2D eigenvalue weighted by molar-refractivity contribution is 7.88. The molecule has 0 radical (unpaired) electrons. The first-order valence-electron chi connectivity index (χ1n) is 21.1. The number of aromatic nitrogens is 2. The topological polar surface area (TPSA) is 241 Å². The Morgan fingerprint density at radius 3 is 1.52 bits per heavy atom. The van der Waals surface area contributed by atoms with Crippen molar-refractivity contribution in [1.82, 2.24) is 23.1 Å². The minimum absolute atomic E-state index is 0.0120. The summed E-state index contributed by atoms with van der Waals surface area (Å²) in [6.45, 7) is 16.3. The van der Waals surface area contributed by atoms with Crippen LogP contribution in [-0.4, -0.2) is 143 Å². The molecule has 352 valence electrons. The summed E-state index contributed by atoms with van der Waals surface area (Å²) in [5, 5.41) is 8.99. The van der Waals surface area contributed by atoms with Crippen LogP contribution in [0.1, 0.15) is 144 Å². The summed E-state index contributed by atoms with van der Waals surface area (Å²) >= 11 is 0. The minimum atomic E-state index is -3.62. The molecule has 3 fully saturated rings. The van der Waals surface area contributed by atoms with Gasteiger partial charge < -0.3 is 28.8 Å². The Labute approximate surface area is 367 Å². The molecule has 62 heavy (non-hydrogen) atoms. The Morgan fingerprint density at radius 1 is 0.726 bits per heavy atom. The van der Waals surface area contributed by atoms with Gasteiger partial charge in [0.15, 0.2) is 0 Å². The van der Waals surface area contributed by atoms with Gasteiger partial charge in [-0.1, -0.05) is 0 Å². The molecule has 3 aliphatic rings. The molecule has 2 heterocycles. The molecular formula is C41H68N6O13S2. The standard InChI is InChI=1S/C27H43N5O7S.C14H25NO6S/c1-26(2,3)38-23(34)17-32(40(7,36)37)21-10-8-19(9-11-21)22-16-31(24(29-22)28-18-33)20-12-14-30(15-13-20)25(35)39-27(4,5)6;1-14(2,3)21-12(16)9-15(22(4,19)20)11-7-5-10(6-8-11)13(17)18/h16,19-21H,8-15,17H2,1-7H3;10-11H,5-9H2,1-4H3,(H,17,18). The molecule has 19 nitrogen and oxygen atoms in total. The predicted octanol–water partition coefficient (Wildman–Crippen LogP) is 5.29. The number of sulfonamides is 2. The van der Waals surface area contributed by atoms with Gasteiger partial charge in [0.05, 0.1) is 24.1 Å². The summed E-state index contributed by atoms with van der Waals surface area (Å²) in [7, 11) is -7.19. The zero-order valence-electron chi connectivity index (χ0n) is 38.2. The van der Waals surface area contributed by atoms with E-state index in [4.69, 9.17) is 19.3 Å². The van der Waals surface area contributed by atoms with Crippen LogP contribution in [0.25, 0.3) is 0 Å². The lowest BCUT2D eigenvalue weighted by Gasteiger charge is -2.35. The normalized spacial score (nSPS) is 21.9. The van der Waals surface area contributed by atoms with Gasteiger partial charge in [-0.3, -0.25) is 14.4 Å². The van der Waals surface area contributed by atoms with Crippen LogP contribution in [0, 0.1) is 5.92 Å². The first-order chi connectivity index (χ1) is 28.4. The van der Waals surface area contributed by atoms with Crippen molar-refractivity contribution in [2.75, 3.05) is 38.7 Å². The number of hydrogen-bond donors (Lipinski definition) is 1. The first-order valence-corrected chi connectivity index (χ1v) is 24.8. The lowest BCUT2D eigenvalue weighted by Crippen LogP contribution is -2.46. The van der Waals surface area contributed by atoms with Crippen LogP contribution in [0.3, 0.4) is 0 Å². The maximum atomic E-state index is 12.5. The number of aliphatic imine (C=N–C) groups is 1. The maximum absolute atomic E-state index is 12.5. The minimum Gasteiger partial charge on any atom is -0.481 e. The molecule has 1 amide bonds. The van der Waals surface area contributed by atoms with E-state index in [0.29, 0.717) is 77.3 Å². The van der Waals surface area contributed by atoms with Gasteiger partial charge >= 0.3 is 24.0 Å². The molecule has 1 aromatic heterocycles. The first kappa shape index (κ1) is 52.4. The smallest absolute Gasteiger partial charge is 0.410 e. The zero-order valence-corrected chi connectivity index (χ0v) is 39.8. The van der Waals surface area contributed by atoms with Crippen molar-refractivity contribution >= 4 is 56.1 Å². The van der Waals surface area contributed by atoms with E-state index < -0.39 is 60.7 Å². The van der Waals surface area contributed by atoms with Crippen LogP contribution in [0.15, 0.2) is 11.2 Å². The molecule has 1 N–H and O–H groups in total. The van der Waals surface area contributed by atoms with Crippen molar-refractivity contribution < 1.29 is 60.1 Å². The second-order valence-corrected chi connectivity index (χ2v) is 23.3. The third kappa shape index (κ3) is 17.0. The molecule has 0 bridgehead atoms. The van der Waals surface area contributed by atoms with E-state index in [1.54, 1.807) is 52.5 Å². The molecule has 0 spiro atoms. The van der Waals surface area contributed by atoms with Crippen molar-refractivity contribution in [3.8, 4) is 0 Å². The van der Waals surface area contributed by atoms with E-state index >= 15 is 0 Å². The van der Waals surface area contributed by atoms with Gasteiger partial charge in [-0.2, -0.15) is 8.61 Å². The van der Waals surface area contributed by atoms with Gasteiger partial charge in [0.2, 0.25) is 32.1 Å². The van der Waals surface area contributed by atoms with E-state index in [2.05, 4.69) is 9.98 Å². The highest BCUT2D eigenvalue weighted by Gasteiger charge is 2.37. The number of nitrogens with zero attached hydrogens (tertiary/aromatic N) is 6. The lowest BCUT2D eigenvalue weighted by atomic mass is 9.84. The number of esters is 2. The molecule has 1 aromatic rings. The number of amides is 1. The van der Waals surface area contributed by atoms with Crippen molar-refractivity contribution in [1.29, 1.82) is 0 Å². The maximum Gasteiger partial charge on any atom is 0.410 e. The van der Waals surface area contributed by atoms with Gasteiger partial charge in [0.1, 0.15) is 29.9 Å². The summed E-state index contributed by atoms with van der Waals surface area (Å²) in [5.74, 6) is -2.12. The van der Waals surface area contributed by atoms with Crippen LogP contribution in [-0.2, 0) is 53.4 Å². The highest BCUT2D eigenvalue weighted by Crippen LogP contribution is 2.38. The van der Waals surface area contributed by atoms with Crippen molar-refractivity contribution in [3.63, 3.8) is 0 Å². The average molecular weight is 917 g/mol. The molecule has 1 aliphatic heterocycles. The quantitative estimate of drug-likeness (QED) is 0.121. The van der Waals surface area contributed by atoms with Crippen molar-refractivity contribution in [2.45, 2.75) is 167 Å². The summed E-state index contributed by atoms with van der Waals surface area (Å²) in [4.78, 5) is 69.0. The summed E-state index contributed by atoms with van der Waals surface area (Å²) in [5.41, 5.74) is -1.15. The molecule has 0 atom stereocenters. The molecule has 2 aliphatic carbocycles. The van der Waals surface area contributed by atoms with E-state index in [1.165, 1.54) is 4.31 Å². The van der Waals surface area contributed by atoms with Crippen LogP contribution in [0.5, 0.6) is 0 Å². The highest BCUT2D eigenvalue weighted by atomic mass is 32.2. The molecule has 21 heteroatoms. The number of hydrogen-bond acceptors (Lipinski definition) is 14. The van der Waals surface area contributed by atoms with Gasteiger partial charge in [-0.05, 0) is 127 Å². The van der Waals surface area contributed by atoms with Crippen molar-refractivity contribution in [2.24, 2.45) is 10.9 Å². The molecule has 0 aromatic carbocycles. The van der Waals surface area contributed by atoms with E-state index in [1.807, 2.05) is 31.5 Å². The second kappa shape index (κ2) is 21.2. The monoisotopic (exact) mass is 916 g/mol. The molecule has 4 rings (SSSR count). The average Bonchev–Trinajstić information content (AvgIpc) is 3.54. The number of ether oxygens (including phenoxy) is 3. The summed E-state index contributed by atoms with van der Waals surface area (Å²) in [6, 6.07) is -0.651. The Hall–Kier alpha value is -3.91. The molecule has 1 saturated heterocycles. The number of carbonyl (C=O) groups is 4. The fourth-order valence-electron chi connectivity index (χ4n) is 7.95. The van der Waals surface area contributed by atoms with Crippen molar-refractivity contribution in [3.05, 3.63) is 11.9 Å². The van der Waals surface area contributed by atoms with E-state index in [0.717, 1.165) is 22.5 Å². The SMILES string of the molecule is CC(C)(C)OC(=O)CN(C1CCC(C(=O)O)CC1)S(C)(=O)=O.CC(C)(C)OC(=O)CN(C1CCC(c2cn(C3CCN(C(=O)OC(C)(C)C)CC3)c(N=C=O)n2)CC1)S(C)(=O)=O. The molecular weight excluding hydrogens is 849 g/mol. The predicted molar refractivity (Wildman–Crippen MR) is 229 cm³/mol. The molecule has 2 saturated carbocycles. The summed E-state index contributed by atoms with van der Waals surface area (Å²) in [6.07, 6.45) is 10.9. The number of carbonyl (C=O) groups excluding carboxylic acids is 4. The number of likely N-dealkylation sites (tertiary alicyclic amines) is 1. The fourth-order valence-corrected chi connectivity index (χ4v) is 10.1. The number of imidazole rings is 1. The Morgan fingerprint density at radius 2 is 1.15 bits per heavy atom. The number of isocyanates is 1. The van der Waals surface area contributed by atoms with Gasteiger partial charge in [0.25, 0.3) is 0 Å². The number of rotatable bonds is 12. The van der Waals surface area contributed by atoms with Crippen LogP contribution in [0.2, 0.25) is 0 Å². The Balaban J connectivity index is 0.000000393. The zero-order chi connectivity index (χ0) is 47.0. The van der Waals surface area contributed by atoms with E-state index in [-0.39, 0.29) is 49.2 Å². The fraction of sp³-hybridized carbons (Fsp3) is 0.805. The Bertz CT molecular complexity index is 1990. The number of piperidine rings is 1. The van der Waals surface area contributed by atoms with Crippen LogP contribution < -0.4 is 0 Å². The van der Waals surface area contributed by atoms with Crippen LogP contribution >= 0.6 is 0 Å². The molecule has 0 unspecified atom stereocenters. The number of carboxylic acids is 1.